The zero-order chi connectivity index (χ0) is 8.39. The van der Waals surface area contributed by atoms with Gasteiger partial charge in [-0.15, -0.1) is 0 Å². The average molecular weight is 198 g/mol. The van der Waals surface area contributed by atoms with E-state index < -0.39 is 0 Å². The SMILES string of the molecule is NC(c1ccsn1)c1cnsn1. The molecule has 0 radical (unpaired) electrons. The molecule has 0 amide bonds. The lowest BCUT2D eigenvalue weighted by Gasteiger charge is -2.02. The van der Waals surface area contributed by atoms with Crippen molar-refractivity contribution in [2.75, 3.05) is 0 Å². The summed E-state index contributed by atoms with van der Waals surface area (Å²) >= 11 is 2.55. The summed E-state index contributed by atoms with van der Waals surface area (Å²) in [5.41, 5.74) is 7.49. The first kappa shape index (κ1) is 7.78. The number of hydrogen-bond acceptors (Lipinski definition) is 6. The standard InChI is InChI=1S/C6H6N4S2/c7-6(4-1-2-11-9-4)5-3-8-12-10-5/h1-3,6H,7H2. The van der Waals surface area contributed by atoms with Gasteiger partial charge in [-0.1, -0.05) is 0 Å². The molecule has 6 heteroatoms. The van der Waals surface area contributed by atoms with Gasteiger partial charge in [0.05, 0.1) is 35.4 Å². The van der Waals surface area contributed by atoms with E-state index in [1.54, 1.807) is 6.20 Å². The van der Waals surface area contributed by atoms with Gasteiger partial charge in [-0.05, 0) is 17.6 Å². The molecule has 1 unspecified atom stereocenters. The second-order valence-electron chi connectivity index (χ2n) is 2.23. The summed E-state index contributed by atoms with van der Waals surface area (Å²) in [6, 6.07) is 1.67. The van der Waals surface area contributed by atoms with Crippen molar-refractivity contribution in [2.45, 2.75) is 6.04 Å². The van der Waals surface area contributed by atoms with Gasteiger partial charge in [-0.25, -0.2) is 0 Å². The van der Waals surface area contributed by atoms with Gasteiger partial charge < -0.3 is 5.73 Å². The summed E-state index contributed by atoms with van der Waals surface area (Å²) in [4.78, 5) is 0. The van der Waals surface area contributed by atoms with Crippen molar-refractivity contribution < 1.29 is 0 Å². The van der Waals surface area contributed by atoms with E-state index in [0.717, 1.165) is 23.1 Å². The molecule has 0 bridgehead atoms. The second kappa shape index (κ2) is 3.26. The molecule has 0 saturated carbocycles. The Hall–Kier alpha value is -0.850. The summed E-state index contributed by atoms with van der Waals surface area (Å²) in [6.45, 7) is 0. The van der Waals surface area contributed by atoms with Gasteiger partial charge in [0.25, 0.3) is 0 Å². The molecule has 0 aliphatic rings. The number of hydrogen-bond donors (Lipinski definition) is 1. The molecule has 1 atom stereocenters. The zero-order valence-corrected chi connectivity index (χ0v) is 7.68. The minimum Gasteiger partial charge on any atom is -0.318 e. The Morgan fingerprint density at radius 2 is 2.25 bits per heavy atom. The topological polar surface area (TPSA) is 64.7 Å². The van der Waals surface area contributed by atoms with E-state index in [1.165, 1.54) is 11.5 Å². The smallest absolute Gasteiger partial charge is 0.0971 e. The fourth-order valence-electron chi connectivity index (χ4n) is 0.843. The van der Waals surface area contributed by atoms with Crippen LogP contribution in [0.1, 0.15) is 17.4 Å². The highest BCUT2D eigenvalue weighted by Gasteiger charge is 2.12. The molecule has 4 nitrogen and oxygen atoms in total. The van der Waals surface area contributed by atoms with Crippen molar-refractivity contribution in [1.82, 2.24) is 13.1 Å². The lowest BCUT2D eigenvalue weighted by Crippen LogP contribution is -2.12. The molecule has 2 aromatic rings. The normalized spacial score (nSPS) is 13.1. The van der Waals surface area contributed by atoms with Crippen molar-refractivity contribution in [2.24, 2.45) is 5.73 Å². The van der Waals surface area contributed by atoms with Crippen LogP contribution in [0.4, 0.5) is 0 Å². The van der Waals surface area contributed by atoms with Crippen LogP contribution in [0.25, 0.3) is 0 Å². The number of aromatic nitrogens is 3. The fraction of sp³-hybridized carbons (Fsp3) is 0.167. The van der Waals surface area contributed by atoms with Crippen LogP contribution >= 0.6 is 23.3 Å². The van der Waals surface area contributed by atoms with Crippen LogP contribution in [-0.2, 0) is 0 Å². The van der Waals surface area contributed by atoms with E-state index in [0.29, 0.717) is 0 Å². The van der Waals surface area contributed by atoms with Crippen molar-refractivity contribution in [3.8, 4) is 0 Å². The van der Waals surface area contributed by atoms with Crippen molar-refractivity contribution in [3.63, 3.8) is 0 Å². The summed E-state index contributed by atoms with van der Waals surface area (Å²) < 4.78 is 12.0. The van der Waals surface area contributed by atoms with Gasteiger partial charge in [0.2, 0.25) is 0 Å². The Bertz CT molecular complexity index is 294. The first-order valence-corrected chi connectivity index (χ1v) is 4.88. The average Bonchev–Trinajstić information content (AvgIpc) is 2.77. The largest absolute Gasteiger partial charge is 0.318 e. The molecule has 62 valence electrons. The monoisotopic (exact) mass is 198 g/mol. The molecule has 2 heterocycles. The van der Waals surface area contributed by atoms with E-state index in [2.05, 4.69) is 13.1 Å². The third-order valence-electron chi connectivity index (χ3n) is 1.47. The maximum Gasteiger partial charge on any atom is 0.0971 e. The Labute approximate surface area is 77.6 Å². The molecule has 2 rings (SSSR count). The number of nitrogens with zero attached hydrogens (tertiary/aromatic N) is 3. The van der Waals surface area contributed by atoms with Crippen LogP contribution < -0.4 is 5.73 Å². The highest BCUT2D eigenvalue weighted by atomic mass is 32.1. The van der Waals surface area contributed by atoms with Crippen LogP contribution in [0.3, 0.4) is 0 Å². The quantitative estimate of drug-likeness (QED) is 0.783. The molecular formula is C6H6N4S2. The Morgan fingerprint density at radius 3 is 2.83 bits per heavy atom. The molecule has 0 aliphatic carbocycles. The van der Waals surface area contributed by atoms with Gasteiger partial charge in [-0.3, -0.25) is 0 Å². The predicted octanol–water partition coefficient (Wildman–Crippen LogP) is 1.04. The summed E-state index contributed by atoms with van der Waals surface area (Å²) in [5.74, 6) is 0. The van der Waals surface area contributed by atoms with E-state index >= 15 is 0 Å². The zero-order valence-electron chi connectivity index (χ0n) is 6.04. The minimum atomic E-state index is -0.227. The minimum absolute atomic E-state index is 0.227. The van der Waals surface area contributed by atoms with E-state index in [4.69, 9.17) is 5.73 Å². The Balaban J connectivity index is 2.27. The first-order valence-electron chi connectivity index (χ1n) is 3.31. The first-order chi connectivity index (χ1) is 5.88. The maximum absolute atomic E-state index is 5.85. The van der Waals surface area contributed by atoms with Crippen molar-refractivity contribution >= 4 is 23.3 Å². The van der Waals surface area contributed by atoms with Crippen LogP contribution in [0.5, 0.6) is 0 Å². The molecule has 0 aliphatic heterocycles. The Kier molecular flexibility index (Phi) is 2.11. The van der Waals surface area contributed by atoms with E-state index in [1.807, 2.05) is 11.4 Å². The highest BCUT2D eigenvalue weighted by Crippen LogP contribution is 2.16. The van der Waals surface area contributed by atoms with Crippen LogP contribution in [-0.4, -0.2) is 13.1 Å². The lowest BCUT2D eigenvalue weighted by atomic mass is 10.2. The molecular weight excluding hydrogens is 192 g/mol. The van der Waals surface area contributed by atoms with Gasteiger partial charge in [0.15, 0.2) is 0 Å². The molecule has 2 aromatic heterocycles. The highest BCUT2D eigenvalue weighted by molar-refractivity contribution is 7.03. The number of nitrogens with two attached hydrogens (primary N) is 1. The molecule has 0 saturated heterocycles. The van der Waals surface area contributed by atoms with Gasteiger partial charge in [0.1, 0.15) is 0 Å². The fourth-order valence-corrected chi connectivity index (χ4v) is 1.86. The van der Waals surface area contributed by atoms with E-state index in [-0.39, 0.29) is 6.04 Å². The lowest BCUT2D eigenvalue weighted by molar-refractivity contribution is 0.821. The summed E-state index contributed by atoms with van der Waals surface area (Å²) in [6.07, 6.45) is 1.68. The number of rotatable bonds is 2. The summed E-state index contributed by atoms with van der Waals surface area (Å²) in [5, 5.41) is 1.90. The predicted molar refractivity (Wildman–Crippen MR) is 48.1 cm³/mol. The second-order valence-corrected chi connectivity index (χ2v) is 3.46. The molecule has 0 aromatic carbocycles. The van der Waals surface area contributed by atoms with Crippen molar-refractivity contribution in [3.05, 3.63) is 29.0 Å². The maximum atomic E-state index is 5.85. The van der Waals surface area contributed by atoms with Gasteiger partial charge >= 0.3 is 0 Å². The van der Waals surface area contributed by atoms with Crippen LogP contribution in [0, 0.1) is 0 Å². The van der Waals surface area contributed by atoms with E-state index in [9.17, 15) is 0 Å². The molecule has 0 fully saturated rings. The summed E-state index contributed by atoms with van der Waals surface area (Å²) in [7, 11) is 0. The van der Waals surface area contributed by atoms with Gasteiger partial charge in [-0.2, -0.15) is 13.1 Å². The molecule has 2 N–H and O–H groups in total. The van der Waals surface area contributed by atoms with Gasteiger partial charge in [0, 0.05) is 5.38 Å². The molecule has 12 heavy (non-hydrogen) atoms. The van der Waals surface area contributed by atoms with Crippen LogP contribution in [0.15, 0.2) is 17.6 Å². The third kappa shape index (κ3) is 1.36. The Morgan fingerprint density at radius 1 is 1.33 bits per heavy atom. The molecule has 0 spiro atoms. The third-order valence-corrected chi connectivity index (χ3v) is 2.54. The van der Waals surface area contributed by atoms with Crippen molar-refractivity contribution in [1.29, 1.82) is 0 Å². The van der Waals surface area contributed by atoms with Crippen LogP contribution in [0.2, 0.25) is 0 Å².